The molecule has 64 heavy (non-hydrogen) atoms. The quantitative estimate of drug-likeness (QED) is 0.120. The molecule has 0 heterocycles. The van der Waals surface area contributed by atoms with E-state index in [1.54, 1.807) is 0 Å². The third kappa shape index (κ3) is 8.23. The Morgan fingerprint density at radius 3 is 1.89 bits per heavy atom. The van der Waals surface area contributed by atoms with Crippen LogP contribution in [-0.4, -0.2) is 23.4 Å². The topological polar surface area (TPSA) is 58.9 Å². The molecule has 2 bridgehead atoms. The van der Waals surface area contributed by atoms with Gasteiger partial charge in [0.25, 0.3) is 0 Å². The Labute approximate surface area is 376 Å². The molecule has 2 N–H and O–H groups in total. The molecule has 0 saturated heterocycles. The van der Waals surface area contributed by atoms with Crippen molar-refractivity contribution in [2.24, 2.45) is 0 Å². The van der Waals surface area contributed by atoms with Crippen molar-refractivity contribution in [3.63, 3.8) is 0 Å². The molecule has 9 rings (SSSR count). The summed E-state index contributed by atoms with van der Waals surface area (Å²) in [7, 11) is 0. The monoisotopic (exact) mass is 836 g/mol. The first kappa shape index (κ1) is 41.8. The molecule has 0 aromatic heterocycles. The van der Waals surface area contributed by atoms with Gasteiger partial charge in [-0.15, -0.1) is 0 Å². The van der Waals surface area contributed by atoms with E-state index in [2.05, 4.69) is 111 Å². The largest absolute Gasteiger partial charge is 0.507 e. The molecule has 0 amide bonds. The van der Waals surface area contributed by atoms with E-state index in [4.69, 9.17) is 9.47 Å². The van der Waals surface area contributed by atoms with Crippen molar-refractivity contribution < 1.29 is 19.7 Å². The molecule has 4 heteroatoms. The molecule has 2 aliphatic rings. The highest BCUT2D eigenvalue weighted by Crippen LogP contribution is 2.48. The molecule has 7 aromatic rings. The van der Waals surface area contributed by atoms with E-state index in [0.717, 1.165) is 95.9 Å². The van der Waals surface area contributed by atoms with Crippen LogP contribution in [0.3, 0.4) is 0 Å². The summed E-state index contributed by atoms with van der Waals surface area (Å²) in [4.78, 5) is 0. The average Bonchev–Trinajstić information content (AvgIpc) is 3.47. The van der Waals surface area contributed by atoms with Crippen molar-refractivity contribution in [3.8, 4) is 56.4 Å². The molecule has 0 spiro atoms. The summed E-state index contributed by atoms with van der Waals surface area (Å²) in [5, 5.41) is 26.6. The van der Waals surface area contributed by atoms with Gasteiger partial charge in [0.1, 0.15) is 23.0 Å². The number of phenolic OH excluding ortho intramolecular Hbond substituents is 2. The number of hydrogen-bond donors (Lipinski definition) is 2. The summed E-state index contributed by atoms with van der Waals surface area (Å²) in [5.41, 5.74) is 15.4. The first-order valence-electron chi connectivity index (χ1n) is 22.1. The number of aromatic hydroxyl groups is 2. The lowest BCUT2D eigenvalue weighted by Gasteiger charge is -2.20. The second-order valence-corrected chi connectivity index (χ2v) is 16.6. The molecule has 7 aromatic carbocycles. The number of fused-ring (bicyclic) bond motifs is 4. The lowest BCUT2D eigenvalue weighted by Crippen LogP contribution is -2.06. The highest BCUT2D eigenvalue weighted by Gasteiger charge is 2.24. The number of aryl methyl sites for hydroxylation is 2. The van der Waals surface area contributed by atoms with Crippen LogP contribution in [0.25, 0.3) is 68.0 Å². The van der Waals surface area contributed by atoms with Crippen LogP contribution in [0.5, 0.6) is 23.0 Å². The number of ether oxygens (including phenoxy) is 2. The third-order valence-electron chi connectivity index (χ3n) is 12.1. The highest BCUT2D eigenvalue weighted by molar-refractivity contribution is 6.05. The van der Waals surface area contributed by atoms with Gasteiger partial charge >= 0.3 is 0 Å². The summed E-state index contributed by atoms with van der Waals surface area (Å²) in [6.07, 6.45) is 19.4. The number of para-hydroxylation sites is 2. The van der Waals surface area contributed by atoms with Crippen molar-refractivity contribution in [1.82, 2.24) is 0 Å². The molecule has 4 nitrogen and oxygen atoms in total. The molecule has 0 radical (unpaired) electrons. The average molecular weight is 837 g/mol. The van der Waals surface area contributed by atoms with Crippen molar-refractivity contribution in [2.45, 2.75) is 40.0 Å². The maximum Gasteiger partial charge on any atom is 0.131 e. The van der Waals surface area contributed by atoms with Crippen LogP contribution >= 0.6 is 0 Å². The maximum atomic E-state index is 12.3. The van der Waals surface area contributed by atoms with Gasteiger partial charge in [0.05, 0.1) is 13.2 Å². The Bertz CT molecular complexity index is 3100. The van der Waals surface area contributed by atoms with E-state index in [-0.39, 0.29) is 11.5 Å². The molecular formula is C60H52O4. The Morgan fingerprint density at radius 2 is 1.20 bits per heavy atom. The van der Waals surface area contributed by atoms with Crippen LogP contribution in [0.1, 0.15) is 65.1 Å². The van der Waals surface area contributed by atoms with Crippen molar-refractivity contribution in [3.05, 3.63) is 214 Å². The van der Waals surface area contributed by atoms with E-state index in [1.165, 1.54) is 11.1 Å². The van der Waals surface area contributed by atoms with Gasteiger partial charge in [0.2, 0.25) is 0 Å². The number of phenols is 2. The maximum absolute atomic E-state index is 12.3. The number of rotatable bonds is 12. The standard InChI is InChI=1S/C60H52O4/c1-5-19-46-42(6-2)38-44-22-11-13-25-48(44)58(46)54-35-40(4)33-52(60(54)62)50-27-15-17-29-56(50)64-31-18-30-63-55-28-16-14-26-49(55)51-32-39(3)34-53(59(51)61)57-45-23-9-7-8-20-41(37-45)36-43-21-10-12-24-47(43)57/h5-6,8-17,19-29,32-36,38,61-62H,2,7,18,30-31,37H2,1,3-4H3/b19-5-,20-8-,23-9-. The summed E-state index contributed by atoms with van der Waals surface area (Å²) < 4.78 is 13.0. The molecule has 0 aliphatic heterocycles. The second kappa shape index (κ2) is 18.4. The Hall–Kier alpha value is -7.56. The highest BCUT2D eigenvalue weighted by atomic mass is 16.5. The normalized spacial score (nSPS) is 14.3. The molecule has 0 unspecified atom stereocenters. The van der Waals surface area contributed by atoms with Gasteiger partial charge in [0, 0.05) is 45.4 Å². The van der Waals surface area contributed by atoms with Gasteiger partial charge in [0.15, 0.2) is 0 Å². The van der Waals surface area contributed by atoms with E-state index < -0.39 is 0 Å². The van der Waals surface area contributed by atoms with E-state index in [1.807, 2.05) is 91.9 Å². The van der Waals surface area contributed by atoms with Crippen LogP contribution in [0.4, 0.5) is 0 Å². The van der Waals surface area contributed by atoms with Gasteiger partial charge in [-0.05, 0) is 137 Å². The molecule has 2 aliphatic carbocycles. The summed E-state index contributed by atoms with van der Waals surface area (Å²) in [5.74, 6) is 1.80. The van der Waals surface area contributed by atoms with Crippen molar-refractivity contribution >= 4 is 34.6 Å². The molecule has 0 atom stereocenters. The predicted octanol–water partition coefficient (Wildman–Crippen LogP) is 15.5. The summed E-state index contributed by atoms with van der Waals surface area (Å²) in [6.45, 7) is 11.1. The van der Waals surface area contributed by atoms with Crippen LogP contribution in [0.15, 0.2) is 175 Å². The van der Waals surface area contributed by atoms with Crippen LogP contribution in [-0.2, 0) is 0 Å². The van der Waals surface area contributed by atoms with Crippen LogP contribution in [0, 0.1) is 13.8 Å². The fourth-order valence-corrected chi connectivity index (χ4v) is 9.25. The van der Waals surface area contributed by atoms with Crippen LogP contribution in [0.2, 0.25) is 0 Å². The van der Waals surface area contributed by atoms with Gasteiger partial charge in [-0.2, -0.15) is 0 Å². The molecule has 0 saturated carbocycles. The predicted molar refractivity (Wildman–Crippen MR) is 268 cm³/mol. The van der Waals surface area contributed by atoms with Gasteiger partial charge in [-0.1, -0.05) is 140 Å². The lowest BCUT2D eigenvalue weighted by atomic mass is 9.86. The number of hydrogen-bond acceptors (Lipinski definition) is 4. The zero-order valence-corrected chi connectivity index (χ0v) is 36.7. The molecular weight excluding hydrogens is 785 g/mol. The minimum Gasteiger partial charge on any atom is -0.507 e. The fraction of sp³-hybridized carbons (Fsp3) is 0.133. The molecule has 316 valence electrons. The Morgan fingerprint density at radius 1 is 0.625 bits per heavy atom. The van der Waals surface area contributed by atoms with Crippen LogP contribution < -0.4 is 9.47 Å². The zero-order chi connectivity index (χ0) is 44.2. The minimum absolute atomic E-state index is 0.196. The first-order chi connectivity index (χ1) is 31.3. The van der Waals surface area contributed by atoms with Gasteiger partial charge < -0.3 is 19.7 Å². The lowest BCUT2D eigenvalue weighted by molar-refractivity contribution is 0.248. The first-order valence-corrected chi connectivity index (χ1v) is 22.1. The van der Waals surface area contributed by atoms with E-state index in [9.17, 15) is 10.2 Å². The van der Waals surface area contributed by atoms with E-state index >= 15 is 0 Å². The van der Waals surface area contributed by atoms with Crippen molar-refractivity contribution in [2.75, 3.05) is 13.2 Å². The Kier molecular flexibility index (Phi) is 12.0. The van der Waals surface area contributed by atoms with Gasteiger partial charge in [-0.3, -0.25) is 0 Å². The van der Waals surface area contributed by atoms with Gasteiger partial charge in [-0.25, -0.2) is 0 Å². The third-order valence-corrected chi connectivity index (χ3v) is 12.1. The number of allylic oxidation sites excluding steroid dienone is 7. The minimum atomic E-state index is 0.196. The second-order valence-electron chi connectivity index (χ2n) is 16.6. The number of benzene rings is 7. The zero-order valence-electron chi connectivity index (χ0n) is 36.7. The molecule has 0 fully saturated rings. The Balaban J connectivity index is 0.973. The summed E-state index contributed by atoms with van der Waals surface area (Å²) >= 11 is 0. The van der Waals surface area contributed by atoms with E-state index in [0.29, 0.717) is 36.7 Å². The van der Waals surface area contributed by atoms with Crippen molar-refractivity contribution in [1.29, 1.82) is 0 Å². The summed E-state index contributed by atoms with van der Waals surface area (Å²) in [6, 6.07) is 42.9. The fourth-order valence-electron chi connectivity index (χ4n) is 9.25. The smallest absolute Gasteiger partial charge is 0.131 e. The SMILES string of the molecule is C=Cc1cc2ccccc2c(-c2cc(C)cc(-c3ccccc3OCCCOc3ccccc3-c3cc(C)cc(C4=C5/C=C\C/C=C\C(=Cc6ccccc64)C5)c3O)c2O)c1/C=C\C.